The predicted octanol–water partition coefficient (Wildman–Crippen LogP) is 1.50. The number of carbonyl (C=O) groups excluding carboxylic acids is 1. The lowest BCUT2D eigenvalue weighted by Crippen LogP contribution is -2.46. The highest BCUT2D eigenvalue weighted by molar-refractivity contribution is 5.85. The third kappa shape index (κ3) is 4.99. The van der Waals surface area contributed by atoms with Crippen molar-refractivity contribution in [3.8, 4) is 11.5 Å². The Bertz CT molecular complexity index is 507. The topological polar surface area (TPSA) is 82.8 Å². The van der Waals surface area contributed by atoms with Gasteiger partial charge in [0, 0.05) is 25.3 Å². The van der Waals surface area contributed by atoms with E-state index in [4.69, 9.17) is 19.9 Å². The predicted molar refractivity (Wildman–Crippen MR) is 90.2 cm³/mol. The van der Waals surface area contributed by atoms with Gasteiger partial charge in [0.1, 0.15) is 0 Å². The van der Waals surface area contributed by atoms with E-state index in [0.717, 1.165) is 18.4 Å². The highest BCUT2D eigenvalue weighted by atomic mass is 35.5. The summed E-state index contributed by atoms with van der Waals surface area (Å²) < 4.78 is 15.9. The number of amides is 1. The van der Waals surface area contributed by atoms with Gasteiger partial charge < -0.3 is 25.3 Å². The summed E-state index contributed by atoms with van der Waals surface area (Å²) >= 11 is 0. The van der Waals surface area contributed by atoms with Crippen LogP contribution in [0.5, 0.6) is 11.5 Å². The highest BCUT2D eigenvalue weighted by Crippen LogP contribution is 2.30. The molecule has 1 unspecified atom stereocenters. The van der Waals surface area contributed by atoms with Crippen molar-refractivity contribution in [3.05, 3.63) is 23.8 Å². The fraction of sp³-hybridized carbons (Fsp3) is 0.562. The average molecular weight is 345 g/mol. The van der Waals surface area contributed by atoms with Crippen molar-refractivity contribution in [2.24, 2.45) is 11.7 Å². The Kier molecular flexibility index (Phi) is 8.16. The number of ether oxygens (including phenoxy) is 3. The number of nitrogens with one attached hydrogen (secondary N) is 1. The standard InChI is InChI=1S/C16H24N2O4.ClH/c1-20-13-5-3-4-12(15(13)21-2)10-18-16(19)14(17)11-6-8-22-9-7-11;/h3-5,11,14H,6-10,17H2,1-2H3,(H,18,19);1H. The molecule has 1 saturated heterocycles. The normalized spacial score (nSPS) is 16.1. The second-order valence-electron chi connectivity index (χ2n) is 5.35. The zero-order valence-corrected chi connectivity index (χ0v) is 14.4. The molecule has 2 rings (SSSR count). The first-order valence-electron chi connectivity index (χ1n) is 7.48. The molecule has 1 fully saturated rings. The van der Waals surface area contributed by atoms with E-state index >= 15 is 0 Å². The summed E-state index contributed by atoms with van der Waals surface area (Å²) in [5.74, 6) is 1.31. The lowest BCUT2D eigenvalue weighted by molar-refractivity contribution is -0.124. The first kappa shape index (κ1) is 19.5. The summed E-state index contributed by atoms with van der Waals surface area (Å²) in [7, 11) is 3.16. The number of carbonyl (C=O) groups is 1. The maximum atomic E-state index is 12.2. The fourth-order valence-electron chi connectivity index (χ4n) is 2.68. The van der Waals surface area contributed by atoms with Crippen LogP contribution in [0.25, 0.3) is 0 Å². The van der Waals surface area contributed by atoms with Crippen molar-refractivity contribution < 1.29 is 19.0 Å². The number of halogens is 1. The van der Waals surface area contributed by atoms with Crippen LogP contribution in [0.1, 0.15) is 18.4 Å². The van der Waals surface area contributed by atoms with E-state index in [9.17, 15) is 4.79 Å². The monoisotopic (exact) mass is 344 g/mol. The van der Waals surface area contributed by atoms with Crippen LogP contribution in [0.3, 0.4) is 0 Å². The molecule has 0 radical (unpaired) electrons. The zero-order valence-electron chi connectivity index (χ0n) is 13.5. The molecular formula is C16H25ClN2O4. The molecule has 1 aliphatic rings. The van der Waals surface area contributed by atoms with Gasteiger partial charge in [0.2, 0.25) is 5.91 Å². The molecule has 7 heteroatoms. The van der Waals surface area contributed by atoms with E-state index in [1.165, 1.54) is 0 Å². The summed E-state index contributed by atoms with van der Waals surface area (Å²) in [6, 6.07) is 5.07. The van der Waals surface area contributed by atoms with E-state index < -0.39 is 6.04 Å². The van der Waals surface area contributed by atoms with E-state index in [-0.39, 0.29) is 24.2 Å². The second-order valence-corrected chi connectivity index (χ2v) is 5.35. The fourth-order valence-corrected chi connectivity index (χ4v) is 2.68. The zero-order chi connectivity index (χ0) is 15.9. The number of hydrogen-bond donors (Lipinski definition) is 2. The molecule has 3 N–H and O–H groups in total. The highest BCUT2D eigenvalue weighted by Gasteiger charge is 2.26. The summed E-state index contributed by atoms with van der Waals surface area (Å²) in [6.07, 6.45) is 1.66. The Balaban J connectivity index is 0.00000264. The SMILES string of the molecule is COc1cccc(CNC(=O)C(N)C2CCOCC2)c1OC.Cl. The van der Waals surface area contributed by atoms with Gasteiger partial charge >= 0.3 is 0 Å². The first-order valence-corrected chi connectivity index (χ1v) is 7.48. The van der Waals surface area contributed by atoms with Gasteiger partial charge in [-0.05, 0) is 24.8 Å². The summed E-state index contributed by atoms with van der Waals surface area (Å²) in [4.78, 5) is 12.2. The number of rotatable bonds is 6. The number of hydrogen-bond acceptors (Lipinski definition) is 5. The van der Waals surface area contributed by atoms with Crippen LogP contribution in [0.2, 0.25) is 0 Å². The van der Waals surface area contributed by atoms with Crippen LogP contribution < -0.4 is 20.5 Å². The molecule has 1 aliphatic heterocycles. The lowest BCUT2D eigenvalue weighted by atomic mass is 9.92. The second kappa shape index (κ2) is 9.60. The van der Waals surface area contributed by atoms with Crippen LogP contribution in [0.15, 0.2) is 18.2 Å². The smallest absolute Gasteiger partial charge is 0.237 e. The molecule has 0 bridgehead atoms. The van der Waals surface area contributed by atoms with Gasteiger partial charge in [-0.25, -0.2) is 0 Å². The van der Waals surface area contributed by atoms with Crippen molar-refractivity contribution in [2.45, 2.75) is 25.4 Å². The van der Waals surface area contributed by atoms with Gasteiger partial charge in [0.25, 0.3) is 0 Å². The van der Waals surface area contributed by atoms with Crippen molar-refractivity contribution >= 4 is 18.3 Å². The molecule has 130 valence electrons. The van der Waals surface area contributed by atoms with E-state index in [1.54, 1.807) is 14.2 Å². The van der Waals surface area contributed by atoms with Crippen molar-refractivity contribution in [2.75, 3.05) is 27.4 Å². The minimum absolute atomic E-state index is 0. The lowest BCUT2D eigenvalue weighted by Gasteiger charge is -2.26. The van der Waals surface area contributed by atoms with Crippen LogP contribution in [0, 0.1) is 5.92 Å². The minimum Gasteiger partial charge on any atom is -0.493 e. The van der Waals surface area contributed by atoms with Gasteiger partial charge in [-0.3, -0.25) is 4.79 Å². The Morgan fingerprint density at radius 2 is 2.04 bits per heavy atom. The molecule has 1 aromatic carbocycles. The van der Waals surface area contributed by atoms with Crippen molar-refractivity contribution in [3.63, 3.8) is 0 Å². The van der Waals surface area contributed by atoms with E-state index in [2.05, 4.69) is 5.32 Å². The quantitative estimate of drug-likeness (QED) is 0.817. The Morgan fingerprint density at radius 1 is 1.35 bits per heavy atom. The van der Waals surface area contributed by atoms with Crippen molar-refractivity contribution in [1.82, 2.24) is 5.32 Å². The third-order valence-corrected chi connectivity index (χ3v) is 4.01. The molecule has 1 aromatic rings. The van der Waals surface area contributed by atoms with Crippen molar-refractivity contribution in [1.29, 1.82) is 0 Å². The Morgan fingerprint density at radius 3 is 2.65 bits per heavy atom. The maximum Gasteiger partial charge on any atom is 0.237 e. The molecule has 0 spiro atoms. The molecule has 0 aliphatic carbocycles. The largest absolute Gasteiger partial charge is 0.493 e. The molecule has 0 aromatic heterocycles. The van der Waals surface area contributed by atoms with Crippen LogP contribution in [-0.4, -0.2) is 39.4 Å². The average Bonchev–Trinajstić information content (AvgIpc) is 2.59. The molecule has 23 heavy (non-hydrogen) atoms. The van der Waals surface area contributed by atoms with Gasteiger partial charge in [-0.2, -0.15) is 0 Å². The van der Waals surface area contributed by atoms with Gasteiger partial charge in [0.15, 0.2) is 11.5 Å². The third-order valence-electron chi connectivity index (χ3n) is 4.01. The number of benzene rings is 1. The number of para-hydroxylation sites is 1. The molecular weight excluding hydrogens is 320 g/mol. The number of methoxy groups -OCH3 is 2. The molecule has 0 saturated carbocycles. The van der Waals surface area contributed by atoms with Crippen LogP contribution in [-0.2, 0) is 16.1 Å². The van der Waals surface area contributed by atoms with Crippen LogP contribution in [0.4, 0.5) is 0 Å². The molecule has 1 atom stereocenters. The maximum absolute atomic E-state index is 12.2. The summed E-state index contributed by atoms with van der Waals surface area (Å²) in [5, 5.41) is 2.88. The van der Waals surface area contributed by atoms with E-state index in [0.29, 0.717) is 31.3 Å². The van der Waals surface area contributed by atoms with Crippen LogP contribution >= 0.6 is 12.4 Å². The molecule has 1 amide bonds. The summed E-state index contributed by atoms with van der Waals surface area (Å²) in [5.41, 5.74) is 6.92. The van der Waals surface area contributed by atoms with Gasteiger partial charge in [0.05, 0.1) is 20.3 Å². The first-order chi connectivity index (χ1) is 10.7. The molecule has 1 heterocycles. The molecule has 6 nitrogen and oxygen atoms in total. The Hall–Kier alpha value is -1.50. The van der Waals surface area contributed by atoms with Gasteiger partial charge in [-0.15, -0.1) is 12.4 Å². The minimum atomic E-state index is -0.500. The summed E-state index contributed by atoms with van der Waals surface area (Å²) in [6.45, 7) is 1.71. The Labute approximate surface area is 143 Å². The number of nitrogens with two attached hydrogens (primary N) is 1. The van der Waals surface area contributed by atoms with E-state index in [1.807, 2.05) is 18.2 Å². The van der Waals surface area contributed by atoms with Gasteiger partial charge in [-0.1, -0.05) is 12.1 Å².